The molecule has 1 N–H and O–H groups in total. The number of ketones is 1. The lowest BCUT2D eigenvalue weighted by atomic mass is 9.95. The van der Waals surface area contributed by atoms with Crippen LogP contribution in [-0.2, 0) is 9.59 Å². The molecule has 1 fully saturated rings. The number of Topliss-reactive ketones (excluding diaryl/α,β-unsaturated/α-hetero) is 1. The maximum absolute atomic E-state index is 13.2. The van der Waals surface area contributed by atoms with E-state index in [0.717, 1.165) is 12.1 Å². The van der Waals surface area contributed by atoms with Gasteiger partial charge in [-0.3, -0.25) is 9.59 Å². The molecule has 7 heteroatoms. The number of hydrogen-bond donors (Lipinski definition) is 1. The van der Waals surface area contributed by atoms with Gasteiger partial charge in [0.1, 0.15) is 23.9 Å². The Labute approximate surface area is 207 Å². The zero-order chi connectivity index (χ0) is 25.5. The molecule has 7 nitrogen and oxygen atoms in total. The number of carbonyl (C=O) groups excluding carboxylic acids is 2. The van der Waals surface area contributed by atoms with E-state index in [-0.39, 0.29) is 17.4 Å². The molecule has 1 atom stereocenters. The van der Waals surface area contributed by atoms with E-state index in [2.05, 4.69) is 6.58 Å². The summed E-state index contributed by atoms with van der Waals surface area (Å²) in [6.45, 7) is 9.04. The summed E-state index contributed by atoms with van der Waals surface area (Å²) in [6.07, 6.45) is 2.36. The lowest BCUT2D eigenvalue weighted by Crippen LogP contribution is -2.32. The van der Waals surface area contributed by atoms with Crippen molar-refractivity contribution in [1.29, 1.82) is 0 Å². The van der Waals surface area contributed by atoms with Gasteiger partial charge in [-0.25, -0.2) is 0 Å². The predicted octanol–water partition coefficient (Wildman–Crippen LogP) is 4.41. The number of aliphatic hydroxyl groups is 1. The van der Waals surface area contributed by atoms with Gasteiger partial charge in [0, 0.05) is 12.1 Å². The molecule has 2 aromatic rings. The van der Waals surface area contributed by atoms with Gasteiger partial charge < -0.3 is 24.4 Å². The van der Waals surface area contributed by atoms with E-state index >= 15 is 0 Å². The van der Waals surface area contributed by atoms with E-state index in [9.17, 15) is 14.7 Å². The van der Waals surface area contributed by atoms with Gasteiger partial charge in [0.25, 0.3) is 11.7 Å². The average molecular weight is 479 g/mol. The van der Waals surface area contributed by atoms with E-state index in [0.29, 0.717) is 36.6 Å². The number of benzene rings is 2. The van der Waals surface area contributed by atoms with Gasteiger partial charge in [0.15, 0.2) is 0 Å². The fraction of sp³-hybridized carbons (Fsp3) is 0.357. The van der Waals surface area contributed by atoms with Crippen molar-refractivity contribution in [2.24, 2.45) is 0 Å². The minimum absolute atomic E-state index is 0.0240. The van der Waals surface area contributed by atoms with Crippen LogP contribution in [-0.4, -0.2) is 66.5 Å². The number of ether oxygens (including phenoxy) is 2. The molecule has 1 heterocycles. The van der Waals surface area contributed by atoms with Gasteiger partial charge in [0.05, 0.1) is 17.7 Å². The molecule has 35 heavy (non-hydrogen) atoms. The minimum Gasteiger partial charge on any atom is -0.507 e. The molecule has 1 aliphatic rings. The molecule has 2 aromatic carbocycles. The second-order valence-electron chi connectivity index (χ2n) is 9.01. The Bertz CT molecular complexity index is 1070. The fourth-order valence-corrected chi connectivity index (χ4v) is 4.04. The van der Waals surface area contributed by atoms with Gasteiger partial charge in [-0.1, -0.05) is 24.8 Å². The monoisotopic (exact) mass is 478 g/mol. The van der Waals surface area contributed by atoms with E-state index in [1.165, 1.54) is 0 Å². The molecule has 1 amide bonds. The Morgan fingerprint density at radius 1 is 1.09 bits per heavy atom. The Hall–Kier alpha value is -3.58. The Morgan fingerprint density at radius 2 is 1.71 bits per heavy atom. The molecule has 1 aliphatic heterocycles. The van der Waals surface area contributed by atoms with E-state index in [1.54, 1.807) is 35.2 Å². The lowest BCUT2D eigenvalue weighted by Gasteiger charge is -2.26. The standard InChI is InChI=1S/C28H34N2O5/c1-6-18-34-22-12-10-21(11-13-22)26(31)24-25(20-8-14-23(15-9-20)35-19(2)3)30(28(33)27(24)32)17-7-16-29(4)5/h6,8-15,19,25,31H,1,7,16-18H2,2-5H3/b26-24-. The molecule has 0 aromatic heterocycles. The smallest absolute Gasteiger partial charge is 0.295 e. The normalized spacial score (nSPS) is 17.3. The number of likely N-dealkylation sites (tertiary alicyclic amines) is 1. The summed E-state index contributed by atoms with van der Waals surface area (Å²) in [5, 5.41) is 11.2. The van der Waals surface area contributed by atoms with Crippen LogP contribution in [0.3, 0.4) is 0 Å². The van der Waals surface area contributed by atoms with Crippen molar-refractivity contribution in [3.63, 3.8) is 0 Å². The first kappa shape index (κ1) is 26.0. The number of carbonyl (C=O) groups is 2. The summed E-state index contributed by atoms with van der Waals surface area (Å²) in [4.78, 5) is 29.8. The Morgan fingerprint density at radius 3 is 2.29 bits per heavy atom. The van der Waals surface area contributed by atoms with Crippen LogP contribution in [0.4, 0.5) is 0 Å². The highest BCUT2D eigenvalue weighted by molar-refractivity contribution is 6.46. The second kappa shape index (κ2) is 11.7. The van der Waals surface area contributed by atoms with Crippen molar-refractivity contribution >= 4 is 17.4 Å². The van der Waals surface area contributed by atoms with Crippen molar-refractivity contribution in [2.45, 2.75) is 32.4 Å². The van der Waals surface area contributed by atoms with Crippen molar-refractivity contribution < 1.29 is 24.2 Å². The fourth-order valence-electron chi connectivity index (χ4n) is 4.04. The maximum Gasteiger partial charge on any atom is 0.295 e. The van der Waals surface area contributed by atoms with Crippen LogP contribution < -0.4 is 9.47 Å². The highest BCUT2D eigenvalue weighted by atomic mass is 16.5. The van der Waals surface area contributed by atoms with E-state index < -0.39 is 17.7 Å². The summed E-state index contributed by atoms with van der Waals surface area (Å²) in [5.74, 6) is -0.192. The molecule has 0 bridgehead atoms. The Kier molecular flexibility index (Phi) is 8.71. The molecule has 0 saturated carbocycles. The first-order valence-corrected chi connectivity index (χ1v) is 11.8. The number of rotatable bonds is 11. The van der Waals surface area contributed by atoms with Crippen LogP contribution in [0.1, 0.15) is 37.4 Å². The first-order chi connectivity index (χ1) is 16.7. The second-order valence-corrected chi connectivity index (χ2v) is 9.01. The molecular formula is C28H34N2O5. The molecule has 3 rings (SSSR count). The van der Waals surface area contributed by atoms with Crippen molar-refractivity contribution in [3.05, 3.63) is 77.9 Å². The van der Waals surface area contributed by atoms with Crippen LogP contribution in [0.25, 0.3) is 5.76 Å². The van der Waals surface area contributed by atoms with Crippen molar-refractivity contribution in [1.82, 2.24) is 9.80 Å². The van der Waals surface area contributed by atoms with Crippen LogP contribution >= 0.6 is 0 Å². The first-order valence-electron chi connectivity index (χ1n) is 11.8. The highest BCUT2D eigenvalue weighted by Gasteiger charge is 2.45. The number of hydrogen-bond acceptors (Lipinski definition) is 6. The average Bonchev–Trinajstić information content (AvgIpc) is 3.07. The molecule has 0 spiro atoms. The van der Waals surface area contributed by atoms with Gasteiger partial charge >= 0.3 is 0 Å². The quantitative estimate of drug-likeness (QED) is 0.223. The molecule has 1 unspecified atom stereocenters. The van der Waals surface area contributed by atoms with Crippen LogP contribution in [0.15, 0.2) is 66.8 Å². The van der Waals surface area contributed by atoms with Crippen LogP contribution in [0.2, 0.25) is 0 Å². The van der Waals surface area contributed by atoms with Crippen LogP contribution in [0, 0.1) is 0 Å². The molecule has 0 radical (unpaired) electrons. The maximum atomic E-state index is 13.2. The summed E-state index contributed by atoms with van der Waals surface area (Å²) >= 11 is 0. The van der Waals surface area contributed by atoms with Crippen molar-refractivity contribution in [2.75, 3.05) is 33.8 Å². The lowest BCUT2D eigenvalue weighted by molar-refractivity contribution is -0.139. The van der Waals surface area contributed by atoms with Crippen molar-refractivity contribution in [3.8, 4) is 11.5 Å². The molecule has 186 valence electrons. The zero-order valence-electron chi connectivity index (χ0n) is 20.9. The zero-order valence-corrected chi connectivity index (χ0v) is 20.9. The SMILES string of the molecule is C=CCOc1ccc(/C(O)=C2/C(=O)C(=O)N(CCCN(C)C)C2c2ccc(OC(C)C)cc2)cc1. The molecular weight excluding hydrogens is 444 g/mol. The number of aliphatic hydroxyl groups excluding tert-OH is 1. The molecule has 0 aliphatic carbocycles. The third kappa shape index (κ3) is 6.31. The predicted molar refractivity (Wildman–Crippen MR) is 137 cm³/mol. The number of nitrogens with zero attached hydrogens (tertiary/aromatic N) is 2. The van der Waals surface area contributed by atoms with Gasteiger partial charge in [-0.2, -0.15) is 0 Å². The van der Waals surface area contributed by atoms with Gasteiger partial charge in [-0.15, -0.1) is 0 Å². The topological polar surface area (TPSA) is 79.3 Å². The van der Waals surface area contributed by atoms with E-state index in [1.807, 2.05) is 57.1 Å². The summed E-state index contributed by atoms with van der Waals surface area (Å²) in [5.41, 5.74) is 1.25. The summed E-state index contributed by atoms with van der Waals surface area (Å²) in [6, 6.07) is 13.4. The number of amides is 1. The summed E-state index contributed by atoms with van der Waals surface area (Å²) < 4.78 is 11.2. The molecule has 1 saturated heterocycles. The van der Waals surface area contributed by atoms with Gasteiger partial charge in [-0.05, 0) is 82.9 Å². The largest absolute Gasteiger partial charge is 0.507 e. The minimum atomic E-state index is -0.693. The highest BCUT2D eigenvalue weighted by Crippen LogP contribution is 2.40. The van der Waals surface area contributed by atoms with Gasteiger partial charge in [0.2, 0.25) is 0 Å². The third-order valence-electron chi connectivity index (χ3n) is 5.61. The van der Waals surface area contributed by atoms with Crippen LogP contribution in [0.5, 0.6) is 11.5 Å². The van der Waals surface area contributed by atoms with E-state index in [4.69, 9.17) is 9.47 Å². The Balaban J connectivity index is 2.01. The summed E-state index contributed by atoms with van der Waals surface area (Å²) in [7, 11) is 3.92. The third-order valence-corrected chi connectivity index (χ3v) is 5.61.